The van der Waals surface area contributed by atoms with Gasteiger partial charge in [-0.25, -0.2) is 19.2 Å². The van der Waals surface area contributed by atoms with Crippen LogP contribution < -0.4 is 5.32 Å². The maximum atomic E-state index is 13.4. The van der Waals surface area contributed by atoms with E-state index in [-0.39, 0.29) is 18.3 Å². The lowest BCUT2D eigenvalue weighted by Crippen LogP contribution is -2.19. The first-order valence-electron chi connectivity index (χ1n) is 6.25. The molecule has 0 radical (unpaired) electrons. The van der Waals surface area contributed by atoms with Crippen molar-refractivity contribution in [2.24, 2.45) is 0 Å². The van der Waals surface area contributed by atoms with E-state index in [0.29, 0.717) is 11.4 Å². The molecule has 1 aliphatic heterocycles. The normalized spacial score (nSPS) is 16.6. The molecular formula is C15H10FN3O2. The van der Waals surface area contributed by atoms with Gasteiger partial charge in [-0.3, -0.25) is 0 Å². The molecule has 1 amide bonds. The van der Waals surface area contributed by atoms with E-state index in [1.54, 1.807) is 18.2 Å². The Balaban J connectivity index is 1.84. The van der Waals surface area contributed by atoms with E-state index < -0.39 is 11.9 Å². The van der Waals surface area contributed by atoms with E-state index >= 15 is 0 Å². The zero-order valence-electron chi connectivity index (χ0n) is 10.8. The SMILES string of the molecule is O=C1N[C@H](c2cccc(C#Cc3ncccc3F)n2)CO1. The molecule has 2 aromatic rings. The highest BCUT2D eigenvalue weighted by Gasteiger charge is 2.24. The number of hydrogen-bond acceptors (Lipinski definition) is 4. The van der Waals surface area contributed by atoms with Crippen molar-refractivity contribution in [1.82, 2.24) is 15.3 Å². The van der Waals surface area contributed by atoms with Gasteiger partial charge in [0.2, 0.25) is 0 Å². The molecule has 1 atom stereocenters. The van der Waals surface area contributed by atoms with Gasteiger partial charge in [-0.15, -0.1) is 0 Å². The molecule has 21 heavy (non-hydrogen) atoms. The number of amides is 1. The van der Waals surface area contributed by atoms with Crippen molar-refractivity contribution >= 4 is 6.09 Å². The summed E-state index contributed by atoms with van der Waals surface area (Å²) in [6.07, 6.45) is 1.01. The first-order valence-corrected chi connectivity index (χ1v) is 6.25. The van der Waals surface area contributed by atoms with Gasteiger partial charge < -0.3 is 10.1 Å². The van der Waals surface area contributed by atoms with Crippen LogP contribution in [0.2, 0.25) is 0 Å². The highest BCUT2D eigenvalue weighted by atomic mass is 19.1. The Bertz CT molecular complexity index is 752. The molecule has 3 rings (SSSR count). The van der Waals surface area contributed by atoms with Crippen LogP contribution in [0.3, 0.4) is 0 Å². The van der Waals surface area contributed by atoms with Crippen molar-refractivity contribution in [2.75, 3.05) is 6.61 Å². The Labute approximate surface area is 120 Å². The molecule has 0 aliphatic carbocycles. The molecule has 5 nitrogen and oxygen atoms in total. The summed E-state index contributed by atoms with van der Waals surface area (Å²) in [5.41, 5.74) is 1.19. The molecular weight excluding hydrogens is 273 g/mol. The van der Waals surface area contributed by atoms with E-state index in [1.165, 1.54) is 18.3 Å². The van der Waals surface area contributed by atoms with Crippen LogP contribution in [0.25, 0.3) is 0 Å². The monoisotopic (exact) mass is 283 g/mol. The van der Waals surface area contributed by atoms with Crippen molar-refractivity contribution in [3.8, 4) is 11.8 Å². The Kier molecular flexibility index (Phi) is 3.48. The summed E-state index contributed by atoms with van der Waals surface area (Å²) in [5, 5.41) is 2.64. The highest BCUT2D eigenvalue weighted by Crippen LogP contribution is 2.16. The molecule has 0 aromatic carbocycles. The number of hydrogen-bond donors (Lipinski definition) is 1. The number of carbonyl (C=O) groups is 1. The predicted molar refractivity (Wildman–Crippen MR) is 71.6 cm³/mol. The van der Waals surface area contributed by atoms with Crippen LogP contribution in [0.4, 0.5) is 9.18 Å². The lowest BCUT2D eigenvalue weighted by atomic mass is 10.2. The van der Waals surface area contributed by atoms with Crippen LogP contribution in [0.1, 0.15) is 23.1 Å². The number of nitrogens with zero attached hydrogens (tertiary/aromatic N) is 2. The first kappa shape index (κ1) is 13.1. The zero-order chi connectivity index (χ0) is 14.7. The average Bonchev–Trinajstić information content (AvgIpc) is 2.93. The van der Waals surface area contributed by atoms with Crippen molar-refractivity contribution in [1.29, 1.82) is 0 Å². The summed E-state index contributed by atoms with van der Waals surface area (Å²) in [7, 11) is 0. The molecule has 3 heterocycles. The second-order valence-electron chi connectivity index (χ2n) is 4.33. The zero-order valence-corrected chi connectivity index (χ0v) is 10.8. The number of cyclic esters (lactones) is 1. The molecule has 0 saturated carbocycles. The van der Waals surface area contributed by atoms with Crippen LogP contribution >= 0.6 is 0 Å². The number of nitrogens with one attached hydrogen (secondary N) is 1. The minimum atomic E-state index is -0.474. The van der Waals surface area contributed by atoms with Gasteiger partial charge in [-0.05, 0) is 36.1 Å². The Hall–Kier alpha value is -2.94. The van der Waals surface area contributed by atoms with Gasteiger partial charge in [0.25, 0.3) is 0 Å². The number of halogens is 1. The molecule has 1 N–H and O–H groups in total. The lowest BCUT2D eigenvalue weighted by Gasteiger charge is -2.06. The maximum Gasteiger partial charge on any atom is 0.407 e. The number of alkyl carbamates (subject to hydrolysis) is 1. The third kappa shape index (κ3) is 2.98. The van der Waals surface area contributed by atoms with E-state index in [1.807, 2.05) is 0 Å². The maximum absolute atomic E-state index is 13.4. The fraction of sp³-hybridized carbons (Fsp3) is 0.133. The summed E-state index contributed by atoms with van der Waals surface area (Å²) in [6, 6.07) is 7.76. The van der Waals surface area contributed by atoms with Crippen molar-refractivity contribution < 1.29 is 13.9 Å². The summed E-state index contributed by atoms with van der Waals surface area (Å²) in [6.45, 7) is 0.234. The van der Waals surface area contributed by atoms with Crippen LogP contribution in [-0.2, 0) is 4.74 Å². The fourth-order valence-electron chi connectivity index (χ4n) is 1.86. The van der Waals surface area contributed by atoms with E-state index in [4.69, 9.17) is 4.74 Å². The van der Waals surface area contributed by atoms with Gasteiger partial charge >= 0.3 is 6.09 Å². The minimum absolute atomic E-state index is 0.0715. The van der Waals surface area contributed by atoms with E-state index in [9.17, 15) is 9.18 Å². The smallest absolute Gasteiger partial charge is 0.407 e. The minimum Gasteiger partial charge on any atom is -0.447 e. The Morgan fingerprint density at radius 3 is 2.95 bits per heavy atom. The van der Waals surface area contributed by atoms with Gasteiger partial charge in [0.05, 0.1) is 5.69 Å². The lowest BCUT2D eigenvalue weighted by molar-refractivity contribution is 0.177. The molecule has 1 aliphatic rings. The summed E-state index contributed by atoms with van der Waals surface area (Å²) < 4.78 is 18.2. The molecule has 0 unspecified atom stereocenters. The van der Waals surface area contributed by atoms with Crippen LogP contribution in [-0.4, -0.2) is 22.7 Å². The number of rotatable bonds is 1. The average molecular weight is 283 g/mol. The molecule has 2 aromatic heterocycles. The second-order valence-corrected chi connectivity index (χ2v) is 4.33. The number of aromatic nitrogens is 2. The Morgan fingerprint density at radius 1 is 1.29 bits per heavy atom. The molecule has 1 saturated heterocycles. The van der Waals surface area contributed by atoms with E-state index in [2.05, 4.69) is 27.1 Å². The van der Waals surface area contributed by atoms with Crippen LogP contribution in [0.15, 0.2) is 36.5 Å². The molecule has 0 bridgehead atoms. The quantitative estimate of drug-likeness (QED) is 0.810. The molecule has 0 spiro atoms. The van der Waals surface area contributed by atoms with Crippen molar-refractivity contribution in [2.45, 2.75) is 6.04 Å². The second kappa shape index (κ2) is 5.59. The first-order chi connectivity index (χ1) is 10.2. The number of carbonyl (C=O) groups excluding carboxylic acids is 1. The third-order valence-corrected chi connectivity index (χ3v) is 2.87. The van der Waals surface area contributed by atoms with Crippen LogP contribution in [0.5, 0.6) is 0 Å². The van der Waals surface area contributed by atoms with Gasteiger partial charge in [-0.1, -0.05) is 6.07 Å². The third-order valence-electron chi connectivity index (χ3n) is 2.87. The van der Waals surface area contributed by atoms with Crippen molar-refractivity contribution in [3.63, 3.8) is 0 Å². The number of pyridine rings is 2. The summed E-state index contributed by atoms with van der Waals surface area (Å²) in [5.74, 6) is 4.92. The molecule has 1 fully saturated rings. The van der Waals surface area contributed by atoms with Crippen molar-refractivity contribution in [3.05, 3.63) is 59.4 Å². The van der Waals surface area contributed by atoms with Gasteiger partial charge in [0, 0.05) is 6.20 Å². The predicted octanol–water partition coefficient (Wildman–Crippen LogP) is 1.80. The molecule has 104 valence electrons. The topological polar surface area (TPSA) is 64.1 Å². The fourth-order valence-corrected chi connectivity index (χ4v) is 1.86. The van der Waals surface area contributed by atoms with Crippen LogP contribution in [0, 0.1) is 17.7 Å². The van der Waals surface area contributed by atoms with E-state index in [0.717, 1.165) is 0 Å². The summed E-state index contributed by atoms with van der Waals surface area (Å²) in [4.78, 5) is 19.2. The van der Waals surface area contributed by atoms with Gasteiger partial charge in [0.15, 0.2) is 5.82 Å². The van der Waals surface area contributed by atoms with Gasteiger partial charge in [0.1, 0.15) is 24.0 Å². The summed E-state index contributed by atoms with van der Waals surface area (Å²) >= 11 is 0. The highest BCUT2D eigenvalue weighted by molar-refractivity contribution is 5.69. The largest absolute Gasteiger partial charge is 0.447 e. The standard InChI is InChI=1S/C15H10FN3O2/c16-11-4-2-8-17-12(11)7-6-10-3-1-5-13(18-10)14-9-21-15(20)19-14/h1-5,8,14H,9H2,(H,19,20)/t14-/m0/s1. The number of ether oxygens (including phenoxy) is 1. The van der Waals surface area contributed by atoms with Gasteiger partial charge in [-0.2, -0.15) is 0 Å². The molecule has 6 heteroatoms. The Morgan fingerprint density at radius 2 is 2.19 bits per heavy atom.